The molecular formula is C19H23N5O. The average Bonchev–Trinajstić information content (AvgIpc) is 3.11. The molecule has 2 aromatic heterocycles. The van der Waals surface area contributed by atoms with E-state index in [1.165, 1.54) is 10.9 Å². The first-order valence-corrected chi connectivity index (χ1v) is 8.90. The minimum atomic E-state index is 0.726. The SMILES string of the molecule is CCc1noc(CN2CCN(Cc3cccc4cccnc34)CC2)n1. The van der Waals surface area contributed by atoms with Crippen molar-refractivity contribution in [3.8, 4) is 0 Å². The van der Waals surface area contributed by atoms with Gasteiger partial charge in [0.1, 0.15) is 0 Å². The molecule has 0 saturated carbocycles. The van der Waals surface area contributed by atoms with Crippen molar-refractivity contribution >= 4 is 10.9 Å². The zero-order chi connectivity index (χ0) is 17.1. The molecule has 4 rings (SSSR count). The number of aromatic nitrogens is 3. The van der Waals surface area contributed by atoms with Gasteiger partial charge in [0.15, 0.2) is 5.82 Å². The van der Waals surface area contributed by atoms with Gasteiger partial charge in [-0.1, -0.05) is 36.3 Å². The second kappa shape index (κ2) is 7.29. The Morgan fingerprint density at radius 2 is 1.76 bits per heavy atom. The summed E-state index contributed by atoms with van der Waals surface area (Å²) in [5, 5.41) is 5.18. The van der Waals surface area contributed by atoms with Gasteiger partial charge in [0, 0.05) is 50.7 Å². The molecule has 3 aromatic rings. The Balaban J connectivity index is 1.35. The molecule has 3 heterocycles. The van der Waals surface area contributed by atoms with Crippen LogP contribution in [0.2, 0.25) is 0 Å². The number of para-hydroxylation sites is 1. The molecule has 130 valence electrons. The quantitative estimate of drug-likeness (QED) is 0.713. The van der Waals surface area contributed by atoms with Crippen molar-refractivity contribution in [2.45, 2.75) is 26.4 Å². The molecule has 0 amide bonds. The van der Waals surface area contributed by atoms with E-state index in [1.54, 1.807) is 0 Å². The van der Waals surface area contributed by atoms with Gasteiger partial charge in [-0.05, 0) is 11.6 Å². The number of piperazine rings is 1. The van der Waals surface area contributed by atoms with Gasteiger partial charge in [-0.25, -0.2) is 0 Å². The third-order valence-corrected chi connectivity index (χ3v) is 4.76. The highest BCUT2D eigenvalue weighted by molar-refractivity contribution is 5.81. The smallest absolute Gasteiger partial charge is 0.240 e. The molecule has 0 unspecified atom stereocenters. The number of pyridine rings is 1. The molecule has 1 saturated heterocycles. The Bertz CT molecular complexity index is 833. The van der Waals surface area contributed by atoms with Crippen LogP contribution in [-0.4, -0.2) is 51.1 Å². The zero-order valence-electron chi connectivity index (χ0n) is 14.6. The van der Waals surface area contributed by atoms with Crippen LogP contribution in [0.15, 0.2) is 41.1 Å². The van der Waals surface area contributed by atoms with Crippen molar-refractivity contribution in [2.24, 2.45) is 0 Å². The number of nitrogens with zero attached hydrogens (tertiary/aromatic N) is 5. The van der Waals surface area contributed by atoms with Crippen LogP contribution in [0.1, 0.15) is 24.2 Å². The molecule has 0 radical (unpaired) electrons. The van der Waals surface area contributed by atoms with E-state index in [9.17, 15) is 0 Å². The third kappa shape index (κ3) is 3.70. The Hall–Kier alpha value is -2.31. The molecule has 6 nitrogen and oxygen atoms in total. The van der Waals surface area contributed by atoms with Gasteiger partial charge in [0.25, 0.3) is 0 Å². The van der Waals surface area contributed by atoms with Gasteiger partial charge in [-0.15, -0.1) is 0 Å². The van der Waals surface area contributed by atoms with Crippen LogP contribution in [0.5, 0.6) is 0 Å². The maximum absolute atomic E-state index is 5.30. The molecule has 0 N–H and O–H groups in total. The summed E-state index contributed by atoms with van der Waals surface area (Å²) in [7, 11) is 0. The van der Waals surface area contributed by atoms with E-state index in [2.05, 4.69) is 49.2 Å². The van der Waals surface area contributed by atoms with E-state index >= 15 is 0 Å². The highest BCUT2D eigenvalue weighted by Gasteiger charge is 2.19. The topological polar surface area (TPSA) is 58.3 Å². The molecule has 0 aliphatic carbocycles. The summed E-state index contributed by atoms with van der Waals surface area (Å²) in [6.45, 7) is 7.84. The fraction of sp³-hybridized carbons (Fsp3) is 0.421. The number of hydrogen-bond acceptors (Lipinski definition) is 6. The maximum Gasteiger partial charge on any atom is 0.240 e. The molecule has 0 spiro atoms. The van der Waals surface area contributed by atoms with E-state index in [0.717, 1.165) is 62.9 Å². The predicted molar refractivity (Wildman–Crippen MR) is 96.0 cm³/mol. The van der Waals surface area contributed by atoms with Gasteiger partial charge in [0.2, 0.25) is 5.89 Å². The molecule has 0 bridgehead atoms. The molecule has 6 heteroatoms. The lowest BCUT2D eigenvalue weighted by molar-refractivity contribution is 0.112. The second-order valence-corrected chi connectivity index (χ2v) is 6.50. The predicted octanol–water partition coefficient (Wildman–Crippen LogP) is 2.50. The van der Waals surface area contributed by atoms with Crippen LogP contribution in [0.3, 0.4) is 0 Å². The molecular weight excluding hydrogens is 314 g/mol. The van der Waals surface area contributed by atoms with Crippen LogP contribution >= 0.6 is 0 Å². The Labute approximate surface area is 147 Å². The highest BCUT2D eigenvalue weighted by atomic mass is 16.5. The van der Waals surface area contributed by atoms with E-state index in [0.29, 0.717) is 0 Å². The van der Waals surface area contributed by atoms with Crippen molar-refractivity contribution in [1.82, 2.24) is 24.9 Å². The number of aryl methyl sites for hydroxylation is 1. The zero-order valence-corrected chi connectivity index (χ0v) is 14.6. The van der Waals surface area contributed by atoms with Crippen LogP contribution in [0.25, 0.3) is 10.9 Å². The Morgan fingerprint density at radius 1 is 1.00 bits per heavy atom. The van der Waals surface area contributed by atoms with Crippen molar-refractivity contribution in [3.63, 3.8) is 0 Å². The monoisotopic (exact) mass is 337 g/mol. The van der Waals surface area contributed by atoms with Crippen molar-refractivity contribution in [1.29, 1.82) is 0 Å². The molecule has 0 atom stereocenters. The third-order valence-electron chi connectivity index (χ3n) is 4.76. The maximum atomic E-state index is 5.30. The second-order valence-electron chi connectivity index (χ2n) is 6.50. The summed E-state index contributed by atoms with van der Waals surface area (Å²) < 4.78 is 5.30. The van der Waals surface area contributed by atoms with Gasteiger partial charge >= 0.3 is 0 Å². The number of fused-ring (bicyclic) bond motifs is 1. The Morgan fingerprint density at radius 3 is 2.52 bits per heavy atom. The molecule has 1 aliphatic rings. The van der Waals surface area contributed by atoms with Crippen molar-refractivity contribution in [3.05, 3.63) is 53.8 Å². The van der Waals surface area contributed by atoms with Crippen molar-refractivity contribution in [2.75, 3.05) is 26.2 Å². The van der Waals surface area contributed by atoms with Gasteiger partial charge < -0.3 is 4.52 Å². The first-order chi connectivity index (χ1) is 12.3. The summed E-state index contributed by atoms with van der Waals surface area (Å²) in [4.78, 5) is 13.8. The van der Waals surface area contributed by atoms with E-state index in [1.807, 2.05) is 19.2 Å². The molecule has 25 heavy (non-hydrogen) atoms. The summed E-state index contributed by atoms with van der Waals surface area (Å²) in [6.07, 6.45) is 2.69. The molecule has 1 aromatic carbocycles. The first-order valence-electron chi connectivity index (χ1n) is 8.90. The van der Waals surface area contributed by atoms with Gasteiger partial charge in [-0.3, -0.25) is 14.8 Å². The summed E-state index contributed by atoms with van der Waals surface area (Å²) in [5.74, 6) is 1.51. The van der Waals surface area contributed by atoms with Crippen LogP contribution in [0.4, 0.5) is 0 Å². The summed E-state index contributed by atoms with van der Waals surface area (Å²) in [5.41, 5.74) is 2.42. The molecule has 1 aliphatic heterocycles. The van der Waals surface area contributed by atoms with E-state index < -0.39 is 0 Å². The van der Waals surface area contributed by atoms with Crippen LogP contribution in [0, 0.1) is 0 Å². The minimum Gasteiger partial charge on any atom is -0.338 e. The van der Waals surface area contributed by atoms with E-state index in [4.69, 9.17) is 4.52 Å². The molecule has 1 fully saturated rings. The summed E-state index contributed by atoms with van der Waals surface area (Å²) >= 11 is 0. The average molecular weight is 337 g/mol. The van der Waals surface area contributed by atoms with Gasteiger partial charge in [0.05, 0.1) is 12.1 Å². The van der Waals surface area contributed by atoms with Gasteiger partial charge in [-0.2, -0.15) is 4.98 Å². The van der Waals surface area contributed by atoms with Crippen LogP contribution in [-0.2, 0) is 19.5 Å². The lowest BCUT2D eigenvalue weighted by atomic mass is 10.1. The number of rotatable bonds is 5. The Kier molecular flexibility index (Phi) is 4.72. The number of hydrogen-bond donors (Lipinski definition) is 0. The lowest BCUT2D eigenvalue weighted by Crippen LogP contribution is -2.45. The lowest BCUT2D eigenvalue weighted by Gasteiger charge is -2.34. The largest absolute Gasteiger partial charge is 0.338 e. The fourth-order valence-electron chi connectivity index (χ4n) is 3.33. The minimum absolute atomic E-state index is 0.726. The normalized spacial score (nSPS) is 16.5. The number of benzene rings is 1. The fourth-order valence-corrected chi connectivity index (χ4v) is 3.33. The first kappa shape index (κ1) is 16.2. The standard InChI is InChI=1S/C19H23N5O/c1-2-17-21-18(25-22-17)14-24-11-9-23(10-12-24)13-16-6-3-5-15-7-4-8-20-19(15)16/h3-8H,2,9-14H2,1H3. The van der Waals surface area contributed by atoms with Crippen LogP contribution < -0.4 is 0 Å². The summed E-state index contributed by atoms with van der Waals surface area (Å²) in [6, 6.07) is 10.5. The van der Waals surface area contributed by atoms with E-state index in [-0.39, 0.29) is 0 Å². The van der Waals surface area contributed by atoms with Crippen molar-refractivity contribution < 1.29 is 4.52 Å². The highest BCUT2D eigenvalue weighted by Crippen LogP contribution is 2.18.